The SMILES string of the molecule is CC(N)C(c1ccc(Cl)cc1)N1CCN2C(=O)NCC2C1. The van der Waals surface area contributed by atoms with Gasteiger partial charge in [0, 0.05) is 43.3 Å². The van der Waals surface area contributed by atoms with Gasteiger partial charge in [-0.05, 0) is 24.6 Å². The van der Waals surface area contributed by atoms with E-state index in [0.29, 0.717) is 0 Å². The Morgan fingerprint density at radius 3 is 2.71 bits per heavy atom. The van der Waals surface area contributed by atoms with E-state index in [2.05, 4.69) is 10.2 Å². The first-order chi connectivity index (χ1) is 10.1. The van der Waals surface area contributed by atoms with Gasteiger partial charge in [0.05, 0.1) is 6.04 Å². The van der Waals surface area contributed by atoms with Crippen molar-refractivity contribution in [1.82, 2.24) is 15.1 Å². The lowest BCUT2D eigenvalue weighted by Gasteiger charge is -2.42. The summed E-state index contributed by atoms with van der Waals surface area (Å²) in [7, 11) is 0. The molecule has 0 aromatic heterocycles. The molecule has 1 aromatic carbocycles. The third kappa shape index (κ3) is 2.86. The molecule has 0 spiro atoms. The fraction of sp³-hybridized carbons (Fsp3) is 0.533. The highest BCUT2D eigenvalue weighted by atomic mass is 35.5. The van der Waals surface area contributed by atoms with Crippen LogP contribution in [0.15, 0.2) is 24.3 Å². The number of fused-ring (bicyclic) bond motifs is 1. The summed E-state index contributed by atoms with van der Waals surface area (Å²) < 4.78 is 0. The minimum atomic E-state index is 0.0165. The summed E-state index contributed by atoms with van der Waals surface area (Å²) in [5, 5.41) is 3.64. The molecule has 2 aliphatic rings. The number of carbonyl (C=O) groups is 1. The van der Waals surface area contributed by atoms with E-state index in [1.807, 2.05) is 36.1 Å². The van der Waals surface area contributed by atoms with Crippen LogP contribution >= 0.6 is 11.6 Å². The van der Waals surface area contributed by atoms with Crippen molar-refractivity contribution in [1.29, 1.82) is 0 Å². The summed E-state index contributed by atoms with van der Waals surface area (Å²) >= 11 is 5.97. The van der Waals surface area contributed by atoms with Crippen molar-refractivity contribution in [2.24, 2.45) is 5.73 Å². The quantitative estimate of drug-likeness (QED) is 0.888. The predicted molar refractivity (Wildman–Crippen MR) is 83.3 cm³/mol. The fourth-order valence-corrected chi connectivity index (χ4v) is 3.51. The van der Waals surface area contributed by atoms with Gasteiger partial charge in [0.2, 0.25) is 0 Å². The first-order valence-corrected chi connectivity index (χ1v) is 7.73. The number of amides is 2. The normalized spacial score (nSPS) is 25.4. The molecular weight excluding hydrogens is 288 g/mol. The molecule has 3 N–H and O–H groups in total. The maximum absolute atomic E-state index is 11.7. The zero-order chi connectivity index (χ0) is 15.0. The van der Waals surface area contributed by atoms with Crippen molar-refractivity contribution in [2.75, 3.05) is 26.2 Å². The molecule has 0 aliphatic carbocycles. The van der Waals surface area contributed by atoms with Crippen molar-refractivity contribution in [3.8, 4) is 0 Å². The molecule has 2 amide bonds. The zero-order valence-electron chi connectivity index (χ0n) is 12.1. The van der Waals surface area contributed by atoms with Gasteiger partial charge in [0.1, 0.15) is 0 Å². The van der Waals surface area contributed by atoms with Gasteiger partial charge in [0.25, 0.3) is 0 Å². The molecule has 3 atom stereocenters. The minimum Gasteiger partial charge on any atom is -0.336 e. The van der Waals surface area contributed by atoms with Crippen LogP contribution < -0.4 is 11.1 Å². The van der Waals surface area contributed by atoms with E-state index in [-0.39, 0.29) is 24.2 Å². The molecule has 2 saturated heterocycles. The monoisotopic (exact) mass is 308 g/mol. The number of nitrogens with zero attached hydrogens (tertiary/aromatic N) is 2. The molecule has 1 aromatic rings. The summed E-state index contributed by atoms with van der Waals surface area (Å²) in [5.41, 5.74) is 7.41. The van der Waals surface area contributed by atoms with Crippen LogP contribution in [0.4, 0.5) is 4.79 Å². The molecule has 0 saturated carbocycles. The van der Waals surface area contributed by atoms with Gasteiger partial charge in [-0.3, -0.25) is 4.90 Å². The average molecular weight is 309 g/mol. The lowest BCUT2D eigenvalue weighted by molar-refractivity contribution is 0.0795. The number of nitrogens with two attached hydrogens (primary N) is 1. The Bertz CT molecular complexity index is 519. The Morgan fingerprint density at radius 2 is 2.05 bits per heavy atom. The number of nitrogens with one attached hydrogen (secondary N) is 1. The number of rotatable bonds is 3. The van der Waals surface area contributed by atoms with Crippen molar-refractivity contribution in [2.45, 2.75) is 25.0 Å². The second kappa shape index (κ2) is 5.83. The molecule has 3 unspecified atom stereocenters. The van der Waals surface area contributed by atoms with E-state index in [9.17, 15) is 4.79 Å². The molecule has 6 heteroatoms. The third-order valence-electron chi connectivity index (χ3n) is 4.37. The number of hydrogen-bond donors (Lipinski definition) is 2. The zero-order valence-corrected chi connectivity index (χ0v) is 12.9. The molecule has 2 aliphatic heterocycles. The van der Waals surface area contributed by atoms with Gasteiger partial charge in [-0.1, -0.05) is 23.7 Å². The van der Waals surface area contributed by atoms with Crippen LogP contribution in [0.5, 0.6) is 0 Å². The van der Waals surface area contributed by atoms with Crippen LogP contribution in [0.1, 0.15) is 18.5 Å². The van der Waals surface area contributed by atoms with Crippen LogP contribution in [0.25, 0.3) is 0 Å². The second-order valence-corrected chi connectivity index (χ2v) is 6.32. The van der Waals surface area contributed by atoms with E-state index in [1.54, 1.807) is 0 Å². The number of halogens is 1. The van der Waals surface area contributed by atoms with Crippen LogP contribution in [0.3, 0.4) is 0 Å². The first-order valence-electron chi connectivity index (χ1n) is 7.36. The highest BCUT2D eigenvalue weighted by molar-refractivity contribution is 6.30. The summed E-state index contributed by atoms with van der Waals surface area (Å²) in [6, 6.07) is 8.37. The van der Waals surface area contributed by atoms with E-state index >= 15 is 0 Å². The average Bonchev–Trinajstić information content (AvgIpc) is 2.82. The molecule has 114 valence electrons. The van der Waals surface area contributed by atoms with E-state index < -0.39 is 0 Å². The largest absolute Gasteiger partial charge is 0.336 e. The van der Waals surface area contributed by atoms with Crippen LogP contribution in [-0.2, 0) is 0 Å². The van der Waals surface area contributed by atoms with Crippen LogP contribution in [0.2, 0.25) is 5.02 Å². The molecule has 0 bridgehead atoms. The van der Waals surface area contributed by atoms with E-state index in [4.69, 9.17) is 17.3 Å². The van der Waals surface area contributed by atoms with Crippen molar-refractivity contribution in [3.05, 3.63) is 34.9 Å². The van der Waals surface area contributed by atoms with E-state index in [0.717, 1.165) is 31.2 Å². The number of urea groups is 1. The standard InChI is InChI=1S/C15H21ClN4O/c1-10(17)14(11-2-4-12(16)5-3-11)19-6-7-20-13(9-19)8-18-15(20)21/h2-5,10,13-14H,6-9,17H2,1H3,(H,18,21). The van der Waals surface area contributed by atoms with Gasteiger partial charge in [0.15, 0.2) is 0 Å². The summed E-state index contributed by atoms with van der Waals surface area (Å²) in [6.07, 6.45) is 0. The van der Waals surface area contributed by atoms with Gasteiger partial charge in [-0.15, -0.1) is 0 Å². The van der Waals surface area contributed by atoms with Crippen molar-refractivity contribution < 1.29 is 4.79 Å². The Labute approximate surface area is 130 Å². The third-order valence-corrected chi connectivity index (χ3v) is 4.62. The minimum absolute atomic E-state index is 0.0165. The maximum Gasteiger partial charge on any atom is 0.317 e. The molecule has 3 rings (SSSR count). The summed E-state index contributed by atoms with van der Waals surface area (Å²) in [5.74, 6) is 0. The second-order valence-electron chi connectivity index (χ2n) is 5.88. The molecular formula is C15H21ClN4O. The molecule has 2 fully saturated rings. The molecule has 5 nitrogen and oxygen atoms in total. The lowest BCUT2D eigenvalue weighted by Crippen LogP contribution is -2.55. The Balaban J connectivity index is 1.79. The van der Waals surface area contributed by atoms with Gasteiger partial charge in [-0.2, -0.15) is 0 Å². The van der Waals surface area contributed by atoms with Gasteiger partial charge < -0.3 is 16.0 Å². The molecule has 21 heavy (non-hydrogen) atoms. The molecule has 2 heterocycles. The number of benzene rings is 1. The fourth-order valence-electron chi connectivity index (χ4n) is 3.39. The summed E-state index contributed by atoms with van der Waals surface area (Å²) in [4.78, 5) is 16.0. The summed E-state index contributed by atoms with van der Waals surface area (Å²) in [6.45, 7) is 5.21. The van der Waals surface area contributed by atoms with Crippen LogP contribution in [-0.4, -0.2) is 54.1 Å². The Morgan fingerprint density at radius 1 is 1.33 bits per heavy atom. The van der Waals surface area contributed by atoms with E-state index in [1.165, 1.54) is 5.56 Å². The number of carbonyl (C=O) groups excluding carboxylic acids is 1. The smallest absolute Gasteiger partial charge is 0.317 e. The first kappa shape index (κ1) is 14.6. The number of hydrogen-bond acceptors (Lipinski definition) is 3. The lowest BCUT2D eigenvalue weighted by atomic mass is 9.97. The predicted octanol–water partition coefficient (Wildman–Crippen LogP) is 1.44. The maximum atomic E-state index is 11.7. The Kier molecular flexibility index (Phi) is 4.06. The van der Waals surface area contributed by atoms with Gasteiger partial charge in [-0.25, -0.2) is 4.79 Å². The highest BCUT2D eigenvalue weighted by Crippen LogP contribution is 2.28. The van der Waals surface area contributed by atoms with Crippen molar-refractivity contribution >= 4 is 17.6 Å². The van der Waals surface area contributed by atoms with Crippen molar-refractivity contribution in [3.63, 3.8) is 0 Å². The number of piperazine rings is 1. The molecule has 0 radical (unpaired) electrons. The topological polar surface area (TPSA) is 61.6 Å². The van der Waals surface area contributed by atoms with Crippen LogP contribution in [0, 0.1) is 0 Å². The highest BCUT2D eigenvalue weighted by Gasteiger charge is 2.38. The van der Waals surface area contributed by atoms with Gasteiger partial charge >= 0.3 is 6.03 Å². The Hall–Kier alpha value is -1.30.